The van der Waals surface area contributed by atoms with Gasteiger partial charge >= 0.3 is 0 Å². The normalized spacial score (nSPS) is 17.5. The van der Waals surface area contributed by atoms with Gasteiger partial charge in [-0.2, -0.15) is 0 Å². The number of carbonyl (C=O) groups is 1. The average Bonchev–Trinajstić information content (AvgIpc) is 2.81. The first-order valence-corrected chi connectivity index (χ1v) is 6.11. The Hall–Kier alpha value is -0.580. The predicted molar refractivity (Wildman–Crippen MR) is 62.2 cm³/mol. The van der Waals surface area contributed by atoms with Crippen molar-refractivity contribution >= 4 is 28.8 Å². The van der Waals surface area contributed by atoms with Crippen LogP contribution >= 0.6 is 22.9 Å². The molecular weight excluding hydrogens is 232 g/mol. The van der Waals surface area contributed by atoms with Gasteiger partial charge in [0.05, 0.1) is 9.88 Å². The Labute approximate surface area is 97.6 Å². The molecule has 3 N–H and O–H groups in total. The molecule has 0 atom stereocenters. The van der Waals surface area contributed by atoms with Gasteiger partial charge in [0.25, 0.3) is 0 Å². The summed E-state index contributed by atoms with van der Waals surface area (Å²) in [5.41, 5.74) is 5.18. The molecule has 2 rings (SSSR count). The summed E-state index contributed by atoms with van der Waals surface area (Å²) in [5.74, 6) is -0.0230. The third-order valence-corrected chi connectivity index (χ3v) is 3.82. The van der Waals surface area contributed by atoms with E-state index in [-0.39, 0.29) is 5.91 Å². The van der Waals surface area contributed by atoms with Crippen LogP contribution in [0.1, 0.15) is 17.7 Å². The molecule has 0 aromatic carbocycles. The number of thiophene rings is 1. The first kappa shape index (κ1) is 10.9. The van der Waals surface area contributed by atoms with E-state index in [0.29, 0.717) is 6.54 Å². The van der Waals surface area contributed by atoms with Crippen molar-refractivity contribution in [1.29, 1.82) is 0 Å². The second kappa shape index (κ2) is 4.12. The molecule has 0 aliphatic heterocycles. The largest absolute Gasteiger partial charge is 0.354 e. The summed E-state index contributed by atoms with van der Waals surface area (Å²) >= 11 is 7.34. The van der Waals surface area contributed by atoms with Gasteiger partial charge in [-0.3, -0.25) is 4.79 Å². The molecular formula is C10H13ClN2OS. The quantitative estimate of drug-likeness (QED) is 0.845. The Kier molecular flexibility index (Phi) is 3.00. The highest BCUT2D eigenvalue weighted by Crippen LogP contribution is 2.32. The zero-order chi connectivity index (χ0) is 10.9. The minimum Gasteiger partial charge on any atom is -0.354 e. The molecule has 0 saturated heterocycles. The van der Waals surface area contributed by atoms with Gasteiger partial charge in [0.2, 0.25) is 5.91 Å². The standard InChI is InChI=1S/C10H13ClN2OS/c11-8-2-1-7(15-8)3-6-13-9(14)10(12)4-5-10/h1-2H,3-6,12H2,(H,13,14). The van der Waals surface area contributed by atoms with E-state index in [0.717, 1.165) is 23.6 Å². The van der Waals surface area contributed by atoms with Crippen molar-refractivity contribution in [2.45, 2.75) is 24.8 Å². The van der Waals surface area contributed by atoms with Gasteiger partial charge in [-0.25, -0.2) is 0 Å². The summed E-state index contributed by atoms with van der Waals surface area (Å²) in [6, 6.07) is 3.85. The van der Waals surface area contributed by atoms with Crippen LogP contribution in [0.5, 0.6) is 0 Å². The van der Waals surface area contributed by atoms with E-state index in [1.165, 1.54) is 4.88 Å². The highest BCUT2D eigenvalue weighted by Gasteiger charge is 2.45. The first-order valence-electron chi connectivity index (χ1n) is 4.91. The van der Waals surface area contributed by atoms with E-state index in [9.17, 15) is 4.79 Å². The van der Waals surface area contributed by atoms with Crippen LogP contribution in [-0.2, 0) is 11.2 Å². The monoisotopic (exact) mass is 244 g/mol. The molecule has 1 aliphatic rings. The Morgan fingerprint density at radius 1 is 1.60 bits per heavy atom. The molecule has 1 amide bonds. The van der Waals surface area contributed by atoms with E-state index in [4.69, 9.17) is 17.3 Å². The van der Waals surface area contributed by atoms with Crippen molar-refractivity contribution in [3.8, 4) is 0 Å². The third-order valence-electron chi connectivity index (χ3n) is 2.53. The lowest BCUT2D eigenvalue weighted by Crippen LogP contribution is -2.43. The predicted octanol–water partition coefficient (Wildman–Crippen LogP) is 1.55. The molecule has 0 unspecified atom stereocenters. The lowest BCUT2D eigenvalue weighted by molar-refractivity contribution is -0.123. The number of rotatable bonds is 4. The van der Waals surface area contributed by atoms with Crippen LogP contribution in [0.25, 0.3) is 0 Å². The zero-order valence-corrected chi connectivity index (χ0v) is 9.83. The molecule has 3 nitrogen and oxygen atoms in total. The van der Waals surface area contributed by atoms with Crippen molar-refractivity contribution in [3.05, 3.63) is 21.3 Å². The van der Waals surface area contributed by atoms with Crippen LogP contribution in [-0.4, -0.2) is 18.0 Å². The maximum atomic E-state index is 11.5. The number of nitrogens with one attached hydrogen (secondary N) is 1. The second-order valence-electron chi connectivity index (χ2n) is 3.87. The summed E-state index contributed by atoms with van der Waals surface area (Å²) in [7, 11) is 0. The van der Waals surface area contributed by atoms with Crippen LogP contribution in [0.4, 0.5) is 0 Å². The van der Waals surface area contributed by atoms with Crippen LogP contribution in [0.15, 0.2) is 12.1 Å². The molecule has 0 bridgehead atoms. The Morgan fingerprint density at radius 3 is 2.87 bits per heavy atom. The molecule has 1 aliphatic carbocycles. The number of carbonyl (C=O) groups excluding carboxylic acids is 1. The van der Waals surface area contributed by atoms with Crippen molar-refractivity contribution < 1.29 is 4.79 Å². The summed E-state index contributed by atoms with van der Waals surface area (Å²) in [6.45, 7) is 0.634. The summed E-state index contributed by atoms with van der Waals surface area (Å²) in [5, 5.41) is 2.84. The fourth-order valence-corrected chi connectivity index (χ4v) is 2.41. The summed E-state index contributed by atoms with van der Waals surface area (Å²) in [6.07, 6.45) is 2.44. The molecule has 82 valence electrons. The van der Waals surface area contributed by atoms with Gasteiger partial charge in [-0.05, 0) is 31.4 Å². The Balaban J connectivity index is 1.73. The van der Waals surface area contributed by atoms with Crippen LogP contribution < -0.4 is 11.1 Å². The number of hydrogen-bond donors (Lipinski definition) is 2. The molecule has 1 aromatic heterocycles. The SMILES string of the molecule is NC1(C(=O)NCCc2ccc(Cl)s2)CC1. The highest BCUT2D eigenvalue weighted by molar-refractivity contribution is 7.16. The van der Waals surface area contributed by atoms with E-state index in [1.807, 2.05) is 12.1 Å². The lowest BCUT2D eigenvalue weighted by atomic mass is 10.2. The maximum absolute atomic E-state index is 11.5. The fraction of sp³-hybridized carbons (Fsp3) is 0.500. The van der Waals surface area contributed by atoms with E-state index in [1.54, 1.807) is 11.3 Å². The smallest absolute Gasteiger partial charge is 0.240 e. The number of amides is 1. The molecule has 5 heteroatoms. The van der Waals surface area contributed by atoms with Crippen LogP contribution in [0, 0.1) is 0 Å². The molecule has 0 radical (unpaired) electrons. The number of halogens is 1. The average molecular weight is 245 g/mol. The fourth-order valence-electron chi connectivity index (χ4n) is 1.32. The van der Waals surface area contributed by atoms with Gasteiger partial charge in [-0.15, -0.1) is 11.3 Å². The first-order chi connectivity index (χ1) is 7.10. The minimum atomic E-state index is -0.562. The van der Waals surface area contributed by atoms with E-state index >= 15 is 0 Å². The number of nitrogens with two attached hydrogens (primary N) is 1. The van der Waals surface area contributed by atoms with Crippen LogP contribution in [0.2, 0.25) is 4.34 Å². The number of hydrogen-bond acceptors (Lipinski definition) is 3. The van der Waals surface area contributed by atoms with Gasteiger partial charge in [0.1, 0.15) is 0 Å². The maximum Gasteiger partial charge on any atom is 0.240 e. The lowest BCUT2D eigenvalue weighted by Gasteiger charge is -2.08. The van der Waals surface area contributed by atoms with E-state index < -0.39 is 5.54 Å². The minimum absolute atomic E-state index is 0.0230. The molecule has 1 heterocycles. The molecule has 0 spiro atoms. The Morgan fingerprint density at radius 2 is 2.33 bits per heavy atom. The summed E-state index contributed by atoms with van der Waals surface area (Å²) < 4.78 is 0.786. The molecule has 15 heavy (non-hydrogen) atoms. The zero-order valence-electron chi connectivity index (χ0n) is 8.25. The molecule has 1 fully saturated rings. The molecule has 1 saturated carbocycles. The third kappa shape index (κ3) is 2.71. The highest BCUT2D eigenvalue weighted by atomic mass is 35.5. The topological polar surface area (TPSA) is 55.1 Å². The summed E-state index contributed by atoms with van der Waals surface area (Å²) in [4.78, 5) is 12.6. The van der Waals surface area contributed by atoms with Crippen molar-refractivity contribution in [2.75, 3.05) is 6.54 Å². The van der Waals surface area contributed by atoms with Crippen LogP contribution in [0.3, 0.4) is 0 Å². The van der Waals surface area contributed by atoms with Crippen molar-refractivity contribution in [2.24, 2.45) is 5.73 Å². The van der Waals surface area contributed by atoms with Gasteiger partial charge in [-0.1, -0.05) is 11.6 Å². The second-order valence-corrected chi connectivity index (χ2v) is 5.67. The Bertz CT molecular complexity index is 373. The molecule has 1 aromatic rings. The van der Waals surface area contributed by atoms with Gasteiger partial charge in [0.15, 0.2) is 0 Å². The van der Waals surface area contributed by atoms with Gasteiger partial charge in [0, 0.05) is 11.4 Å². The van der Waals surface area contributed by atoms with E-state index in [2.05, 4.69) is 5.32 Å². The van der Waals surface area contributed by atoms with Gasteiger partial charge < -0.3 is 11.1 Å². The van der Waals surface area contributed by atoms with Crippen molar-refractivity contribution in [3.63, 3.8) is 0 Å². The van der Waals surface area contributed by atoms with Crippen molar-refractivity contribution in [1.82, 2.24) is 5.32 Å².